The van der Waals surface area contributed by atoms with Gasteiger partial charge in [0.2, 0.25) is 0 Å². The molecule has 0 aliphatic carbocycles. The van der Waals surface area contributed by atoms with E-state index in [9.17, 15) is 0 Å². The van der Waals surface area contributed by atoms with Crippen LogP contribution in [0.25, 0.3) is 0 Å². The lowest BCUT2D eigenvalue weighted by Gasteiger charge is -2.39. The van der Waals surface area contributed by atoms with Crippen molar-refractivity contribution in [3.63, 3.8) is 0 Å². The van der Waals surface area contributed by atoms with E-state index in [0.717, 1.165) is 24.7 Å². The zero-order valence-electron chi connectivity index (χ0n) is 10.1. The van der Waals surface area contributed by atoms with Gasteiger partial charge in [-0.05, 0) is 20.9 Å². The molecule has 1 aliphatic heterocycles. The molecule has 0 saturated carbocycles. The highest BCUT2D eigenvalue weighted by Crippen LogP contribution is 2.20. The summed E-state index contributed by atoms with van der Waals surface area (Å²) in [7, 11) is 1.99. The van der Waals surface area contributed by atoms with Crippen molar-refractivity contribution < 1.29 is 0 Å². The van der Waals surface area contributed by atoms with Gasteiger partial charge in [0.25, 0.3) is 0 Å². The summed E-state index contributed by atoms with van der Waals surface area (Å²) in [6, 6.07) is 2.99. The Kier molecular flexibility index (Phi) is 3.24. The molecule has 88 valence electrons. The highest BCUT2D eigenvalue weighted by Gasteiger charge is 2.26. The van der Waals surface area contributed by atoms with Gasteiger partial charge in [-0.2, -0.15) is 0 Å². The van der Waals surface area contributed by atoms with Crippen LogP contribution >= 0.6 is 0 Å². The Morgan fingerprint density at radius 3 is 2.75 bits per heavy atom. The molecule has 5 heteroatoms. The number of aromatic nitrogens is 2. The molecule has 0 spiro atoms. The maximum Gasteiger partial charge on any atom is 0.134 e. The monoisotopic (exact) mass is 221 g/mol. The Morgan fingerprint density at radius 1 is 1.38 bits per heavy atom. The van der Waals surface area contributed by atoms with Crippen LogP contribution in [0.3, 0.4) is 0 Å². The largest absolute Gasteiger partial charge is 0.368 e. The molecule has 1 aliphatic rings. The van der Waals surface area contributed by atoms with Crippen molar-refractivity contribution in [2.24, 2.45) is 0 Å². The van der Waals surface area contributed by atoms with E-state index in [2.05, 4.69) is 39.3 Å². The van der Waals surface area contributed by atoms with Gasteiger partial charge in [0.05, 0.1) is 0 Å². The number of nitrogens with zero attached hydrogens (tertiary/aromatic N) is 3. The van der Waals surface area contributed by atoms with Crippen LogP contribution in [-0.4, -0.2) is 42.2 Å². The van der Waals surface area contributed by atoms with E-state index in [-0.39, 0.29) is 0 Å². The topological polar surface area (TPSA) is 53.1 Å². The molecule has 2 heterocycles. The number of rotatable bonds is 4. The molecular weight excluding hydrogens is 202 g/mol. The van der Waals surface area contributed by atoms with Gasteiger partial charge in [0.1, 0.15) is 18.0 Å². The molecule has 1 aromatic heterocycles. The Balaban J connectivity index is 2.00. The molecule has 2 N–H and O–H groups in total. The van der Waals surface area contributed by atoms with Crippen LogP contribution in [0.15, 0.2) is 12.4 Å². The minimum absolute atomic E-state index is 0.393. The first-order valence-electron chi connectivity index (χ1n) is 5.70. The van der Waals surface area contributed by atoms with Crippen molar-refractivity contribution in [2.75, 3.05) is 30.4 Å². The third-order valence-electron chi connectivity index (χ3n) is 2.70. The molecule has 0 aromatic carbocycles. The van der Waals surface area contributed by atoms with Crippen LogP contribution in [0, 0.1) is 0 Å². The molecule has 5 nitrogen and oxygen atoms in total. The second-order valence-corrected chi connectivity index (χ2v) is 4.45. The number of likely N-dealkylation sites (N-methyl/N-ethyl adjacent to an activating group) is 1. The second-order valence-electron chi connectivity index (χ2n) is 4.45. The number of hydrogen-bond donors (Lipinski definition) is 2. The van der Waals surface area contributed by atoms with Gasteiger partial charge >= 0.3 is 0 Å². The fourth-order valence-corrected chi connectivity index (χ4v) is 1.74. The summed E-state index contributed by atoms with van der Waals surface area (Å²) < 4.78 is 0. The summed E-state index contributed by atoms with van der Waals surface area (Å²) in [4.78, 5) is 10.7. The summed E-state index contributed by atoms with van der Waals surface area (Å²) in [5.74, 6) is 1.90. The lowest BCUT2D eigenvalue weighted by molar-refractivity contribution is 0.447. The van der Waals surface area contributed by atoms with E-state index < -0.39 is 0 Å². The van der Waals surface area contributed by atoms with E-state index in [1.165, 1.54) is 0 Å². The van der Waals surface area contributed by atoms with Crippen molar-refractivity contribution in [3.05, 3.63) is 12.4 Å². The van der Waals surface area contributed by atoms with Gasteiger partial charge in [-0.15, -0.1) is 0 Å². The van der Waals surface area contributed by atoms with Gasteiger partial charge in [-0.3, -0.25) is 0 Å². The van der Waals surface area contributed by atoms with Crippen LogP contribution < -0.4 is 15.5 Å². The van der Waals surface area contributed by atoms with E-state index >= 15 is 0 Å². The molecule has 0 radical (unpaired) electrons. The van der Waals surface area contributed by atoms with Gasteiger partial charge in [0, 0.05) is 31.2 Å². The quantitative estimate of drug-likeness (QED) is 0.784. The highest BCUT2D eigenvalue weighted by atomic mass is 15.3. The van der Waals surface area contributed by atoms with Crippen molar-refractivity contribution >= 4 is 11.6 Å². The molecule has 0 unspecified atom stereocenters. The fourth-order valence-electron chi connectivity index (χ4n) is 1.74. The van der Waals surface area contributed by atoms with Crippen molar-refractivity contribution in [1.29, 1.82) is 0 Å². The Morgan fingerprint density at radius 2 is 2.12 bits per heavy atom. The summed E-state index contributed by atoms with van der Waals surface area (Å²) in [6.45, 7) is 6.24. The first-order valence-corrected chi connectivity index (χ1v) is 5.70. The minimum Gasteiger partial charge on any atom is -0.368 e. The van der Waals surface area contributed by atoms with Gasteiger partial charge in [-0.25, -0.2) is 9.97 Å². The first-order chi connectivity index (χ1) is 7.69. The lowest BCUT2D eigenvalue weighted by Crippen LogP contribution is -2.57. The van der Waals surface area contributed by atoms with E-state index in [0.29, 0.717) is 12.1 Å². The van der Waals surface area contributed by atoms with Crippen molar-refractivity contribution in [1.82, 2.24) is 15.3 Å². The maximum atomic E-state index is 4.28. The normalized spacial score (nSPS) is 16.4. The van der Waals surface area contributed by atoms with Crippen molar-refractivity contribution in [2.45, 2.75) is 25.9 Å². The second kappa shape index (κ2) is 4.65. The predicted molar refractivity (Wildman–Crippen MR) is 65.9 cm³/mol. The van der Waals surface area contributed by atoms with E-state index in [1.54, 1.807) is 6.33 Å². The fraction of sp³-hybridized carbons (Fsp3) is 0.636. The molecule has 0 bridgehead atoms. The lowest BCUT2D eigenvalue weighted by atomic mass is 10.1. The Bertz CT molecular complexity index is 346. The molecule has 1 fully saturated rings. The number of nitrogens with one attached hydrogen (secondary N) is 2. The van der Waals surface area contributed by atoms with Crippen molar-refractivity contribution in [3.8, 4) is 0 Å². The first kappa shape index (κ1) is 11.1. The van der Waals surface area contributed by atoms with Gasteiger partial charge in [0.15, 0.2) is 0 Å². The van der Waals surface area contributed by atoms with Crippen LogP contribution in [0.4, 0.5) is 11.6 Å². The molecule has 0 atom stereocenters. The maximum absolute atomic E-state index is 4.28. The standard InChI is InChI=1S/C11H19N5/c1-8(2)15-10-4-11(14-7-13-10)16-5-9(6-16)12-3/h4,7-9,12H,5-6H2,1-3H3,(H,13,14,15). The molecule has 1 saturated heterocycles. The summed E-state index contributed by atoms with van der Waals surface area (Å²) >= 11 is 0. The van der Waals surface area contributed by atoms with Crippen LogP contribution in [-0.2, 0) is 0 Å². The zero-order chi connectivity index (χ0) is 11.5. The van der Waals surface area contributed by atoms with E-state index in [4.69, 9.17) is 0 Å². The molecular formula is C11H19N5. The molecule has 0 amide bonds. The molecule has 2 rings (SSSR count). The Labute approximate surface area is 96.3 Å². The summed E-state index contributed by atoms with van der Waals surface area (Å²) in [6.07, 6.45) is 1.62. The molecule has 1 aromatic rings. The number of anilines is 2. The van der Waals surface area contributed by atoms with Crippen LogP contribution in [0.5, 0.6) is 0 Å². The third-order valence-corrected chi connectivity index (χ3v) is 2.70. The Hall–Kier alpha value is -1.36. The summed E-state index contributed by atoms with van der Waals surface area (Å²) in [5, 5.41) is 6.53. The predicted octanol–water partition coefficient (Wildman–Crippen LogP) is 0.705. The van der Waals surface area contributed by atoms with Crippen LogP contribution in [0.2, 0.25) is 0 Å². The van der Waals surface area contributed by atoms with Gasteiger partial charge in [-0.1, -0.05) is 0 Å². The third kappa shape index (κ3) is 2.41. The number of hydrogen-bond acceptors (Lipinski definition) is 5. The summed E-state index contributed by atoms with van der Waals surface area (Å²) in [5.41, 5.74) is 0. The van der Waals surface area contributed by atoms with E-state index in [1.807, 2.05) is 13.1 Å². The van der Waals surface area contributed by atoms with Crippen LogP contribution in [0.1, 0.15) is 13.8 Å². The SMILES string of the molecule is CNC1CN(c2cc(NC(C)C)ncn2)C1. The highest BCUT2D eigenvalue weighted by molar-refractivity contribution is 5.50. The average Bonchev–Trinajstić information content (AvgIpc) is 2.15. The smallest absolute Gasteiger partial charge is 0.134 e. The zero-order valence-corrected chi connectivity index (χ0v) is 10.1. The average molecular weight is 221 g/mol. The van der Waals surface area contributed by atoms with Gasteiger partial charge < -0.3 is 15.5 Å². The molecule has 16 heavy (non-hydrogen) atoms. The minimum atomic E-state index is 0.393.